The lowest BCUT2D eigenvalue weighted by atomic mass is 9.94. The van der Waals surface area contributed by atoms with Crippen LogP contribution in [0.1, 0.15) is 38.8 Å². The van der Waals surface area contributed by atoms with E-state index in [2.05, 4.69) is 16.9 Å². The normalized spacial score (nSPS) is 27.3. The fourth-order valence-electron chi connectivity index (χ4n) is 4.30. The standard InChI is InChI=1S/C28H39N3O4S2/c1-19(30-37(32)28(2,3)4)23-25(34-18-21-15-11-8-12-16-21)24(33-17-20-13-9-7-10-14-20)22-26(35-23)36-27(29-22)31(5)6/h7-16,19,22-26,30H,17-18H2,1-6H3/t19?,22-,23-,24-,25-,26-,37?/m1/s1. The number of hydrogen-bond acceptors (Lipinski definition) is 7. The zero-order chi connectivity index (χ0) is 26.6. The van der Waals surface area contributed by atoms with Crippen molar-refractivity contribution in [2.75, 3.05) is 14.1 Å². The molecule has 1 saturated heterocycles. The predicted molar refractivity (Wildman–Crippen MR) is 152 cm³/mol. The van der Waals surface area contributed by atoms with E-state index >= 15 is 0 Å². The molecule has 2 aliphatic rings. The van der Waals surface area contributed by atoms with Gasteiger partial charge >= 0.3 is 0 Å². The Balaban J connectivity index is 1.63. The molecule has 0 bridgehead atoms. The van der Waals surface area contributed by atoms with Crippen LogP contribution in [0.5, 0.6) is 0 Å². The fourth-order valence-corrected chi connectivity index (χ4v) is 6.26. The van der Waals surface area contributed by atoms with Crippen molar-refractivity contribution in [2.45, 2.75) is 81.5 Å². The molecule has 7 atom stereocenters. The molecular formula is C28H39N3O4S2. The van der Waals surface area contributed by atoms with E-state index in [-0.39, 0.29) is 29.7 Å². The Hall–Kier alpha value is -1.75. The zero-order valence-corrected chi connectivity index (χ0v) is 24.1. The summed E-state index contributed by atoms with van der Waals surface area (Å²) in [7, 11) is 2.71. The Morgan fingerprint density at radius 3 is 2.05 bits per heavy atom. The Bertz CT molecular complexity index is 1060. The van der Waals surface area contributed by atoms with Crippen LogP contribution in [-0.4, -0.2) is 69.0 Å². The van der Waals surface area contributed by atoms with Crippen molar-refractivity contribution in [3.05, 3.63) is 71.8 Å². The number of nitrogens with one attached hydrogen (secondary N) is 1. The van der Waals surface area contributed by atoms with Gasteiger partial charge in [0.1, 0.15) is 29.8 Å². The van der Waals surface area contributed by atoms with E-state index < -0.39 is 21.8 Å². The van der Waals surface area contributed by atoms with Crippen LogP contribution in [0.3, 0.4) is 0 Å². The van der Waals surface area contributed by atoms with Crippen molar-refractivity contribution in [3.8, 4) is 0 Å². The first-order valence-corrected chi connectivity index (χ1v) is 14.7. The maximum absolute atomic E-state index is 13.0. The highest BCUT2D eigenvalue weighted by Crippen LogP contribution is 2.40. The Labute approximate surface area is 227 Å². The molecule has 2 heterocycles. The van der Waals surface area contributed by atoms with Crippen LogP contribution >= 0.6 is 11.8 Å². The first-order chi connectivity index (χ1) is 17.6. The molecule has 0 radical (unpaired) electrons. The van der Waals surface area contributed by atoms with Gasteiger partial charge in [-0.1, -0.05) is 72.4 Å². The summed E-state index contributed by atoms with van der Waals surface area (Å²) in [6.45, 7) is 8.74. The zero-order valence-electron chi connectivity index (χ0n) is 22.5. The summed E-state index contributed by atoms with van der Waals surface area (Å²) in [6.07, 6.45) is -1.15. The lowest BCUT2D eigenvalue weighted by Gasteiger charge is -2.45. The van der Waals surface area contributed by atoms with Crippen LogP contribution in [0.2, 0.25) is 0 Å². The molecule has 2 unspecified atom stereocenters. The maximum atomic E-state index is 13.0. The number of amidine groups is 1. The van der Waals surface area contributed by atoms with Gasteiger partial charge in [0.15, 0.2) is 5.17 Å². The first kappa shape index (κ1) is 28.3. The Morgan fingerprint density at radius 2 is 1.54 bits per heavy atom. The van der Waals surface area contributed by atoms with Crippen molar-refractivity contribution in [1.29, 1.82) is 0 Å². The van der Waals surface area contributed by atoms with Gasteiger partial charge in [-0.25, -0.2) is 8.93 Å². The molecule has 0 spiro atoms. The third-order valence-corrected chi connectivity index (χ3v) is 9.33. The highest BCUT2D eigenvalue weighted by molar-refractivity contribution is 8.14. The van der Waals surface area contributed by atoms with Crippen LogP contribution in [0.15, 0.2) is 65.7 Å². The smallest absolute Gasteiger partial charge is 0.161 e. The maximum Gasteiger partial charge on any atom is 0.161 e. The van der Waals surface area contributed by atoms with Gasteiger partial charge in [0.25, 0.3) is 0 Å². The number of ether oxygens (including phenoxy) is 3. The summed E-state index contributed by atoms with van der Waals surface area (Å²) in [4.78, 5) is 7.00. The number of nitrogens with zero attached hydrogens (tertiary/aromatic N) is 2. The third kappa shape index (κ3) is 7.22. The van der Waals surface area contributed by atoms with E-state index in [9.17, 15) is 4.21 Å². The molecule has 0 aliphatic carbocycles. The van der Waals surface area contributed by atoms with Gasteiger partial charge in [0.2, 0.25) is 0 Å². The van der Waals surface area contributed by atoms with Gasteiger partial charge in [0, 0.05) is 20.1 Å². The van der Waals surface area contributed by atoms with Crippen LogP contribution in [-0.2, 0) is 38.4 Å². The summed E-state index contributed by atoms with van der Waals surface area (Å²) in [5.74, 6) is 0. The molecule has 0 saturated carbocycles. The number of hydrogen-bond donors (Lipinski definition) is 1. The van der Waals surface area contributed by atoms with E-state index in [4.69, 9.17) is 19.2 Å². The molecule has 4 rings (SSSR count). The van der Waals surface area contributed by atoms with E-state index in [0.717, 1.165) is 16.3 Å². The average Bonchev–Trinajstić information content (AvgIpc) is 3.31. The van der Waals surface area contributed by atoms with Gasteiger partial charge in [-0.05, 0) is 38.8 Å². The third-order valence-electron chi connectivity index (χ3n) is 6.33. The van der Waals surface area contributed by atoms with Crippen molar-refractivity contribution < 1.29 is 18.4 Å². The van der Waals surface area contributed by atoms with Crippen LogP contribution < -0.4 is 4.72 Å². The quantitative estimate of drug-likeness (QED) is 0.505. The number of rotatable bonds is 9. The molecule has 2 aromatic carbocycles. The number of fused-ring (bicyclic) bond motifs is 1. The molecule has 37 heavy (non-hydrogen) atoms. The topological polar surface area (TPSA) is 72.4 Å². The van der Waals surface area contributed by atoms with Crippen LogP contribution in [0, 0.1) is 0 Å². The van der Waals surface area contributed by atoms with Gasteiger partial charge in [0.05, 0.1) is 28.9 Å². The number of aliphatic imine (C=N–C) groups is 1. The largest absolute Gasteiger partial charge is 0.368 e. The van der Waals surface area contributed by atoms with Crippen molar-refractivity contribution in [1.82, 2.24) is 9.62 Å². The molecule has 1 N–H and O–H groups in total. The van der Waals surface area contributed by atoms with E-state index in [0.29, 0.717) is 13.2 Å². The summed E-state index contributed by atoms with van der Waals surface area (Å²) in [5.41, 5.74) is 1.95. The SMILES string of the molecule is CC(NS(=O)C(C)(C)C)[C@H]1O[C@@H]2SC(N(C)C)=N[C@@H]2[C@@H](OCc2ccccc2)[C@@H]1OCc1ccccc1. The van der Waals surface area contributed by atoms with E-state index in [1.807, 2.05) is 95.2 Å². The van der Waals surface area contributed by atoms with Crippen molar-refractivity contribution in [3.63, 3.8) is 0 Å². The monoisotopic (exact) mass is 545 g/mol. The summed E-state index contributed by atoms with van der Waals surface area (Å²) >= 11 is 1.60. The van der Waals surface area contributed by atoms with Gasteiger partial charge in [-0.3, -0.25) is 4.99 Å². The van der Waals surface area contributed by atoms with Gasteiger partial charge < -0.3 is 19.1 Å². The van der Waals surface area contributed by atoms with E-state index in [1.165, 1.54) is 0 Å². The average molecular weight is 546 g/mol. The minimum atomic E-state index is -1.26. The lowest BCUT2D eigenvalue weighted by molar-refractivity contribution is -0.202. The molecule has 2 aromatic rings. The molecule has 202 valence electrons. The fraction of sp³-hybridized carbons (Fsp3) is 0.536. The Morgan fingerprint density at radius 1 is 1.00 bits per heavy atom. The van der Waals surface area contributed by atoms with Gasteiger partial charge in [-0.15, -0.1) is 0 Å². The van der Waals surface area contributed by atoms with Crippen LogP contribution in [0.25, 0.3) is 0 Å². The molecule has 9 heteroatoms. The highest BCUT2D eigenvalue weighted by Gasteiger charge is 2.52. The van der Waals surface area contributed by atoms with Gasteiger partial charge in [-0.2, -0.15) is 0 Å². The molecule has 0 aromatic heterocycles. The Kier molecular flexibility index (Phi) is 9.48. The number of benzene rings is 2. The van der Waals surface area contributed by atoms with Crippen LogP contribution in [0.4, 0.5) is 0 Å². The second-order valence-electron chi connectivity index (χ2n) is 10.7. The minimum absolute atomic E-state index is 0.216. The molecule has 0 amide bonds. The minimum Gasteiger partial charge on any atom is -0.368 e. The van der Waals surface area contributed by atoms with Crippen molar-refractivity contribution >= 4 is 27.9 Å². The summed E-state index contributed by atoms with van der Waals surface area (Å²) in [6, 6.07) is 19.8. The molecular weight excluding hydrogens is 506 g/mol. The molecule has 1 fully saturated rings. The second kappa shape index (κ2) is 12.4. The molecule has 2 aliphatic heterocycles. The predicted octanol–water partition coefficient (Wildman–Crippen LogP) is 4.36. The molecule has 7 nitrogen and oxygen atoms in total. The first-order valence-electron chi connectivity index (χ1n) is 12.7. The van der Waals surface area contributed by atoms with Crippen molar-refractivity contribution in [2.24, 2.45) is 4.99 Å². The second-order valence-corrected chi connectivity index (χ2v) is 13.8. The summed E-state index contributed by atoms with van der Waals surface area (Å²) < 4.78 is 35.8. The lowest BCUT2D eigenvalue weighted by Crippen LogP contribution is -2.62. The summed E-state index contributed by atoms with van der Waals surface area (Å²) in [5, 5.41) is 0.907. The number of thioether (sulfide) groups is 1. The highest BCUT2D eigenvalue weighted by atomic mass is 32.2. The van der Waals surface area contributed by atoms with E-state index in [1.54, 1.807) is 11.8 Å².